The van der Waals surface area contributed by atoms with Gasteiger partial charge in [-0.2, -0.15) is 0 Å². The number of hydrogen-bond donors (Lipinski definition) is 0. The van der Waals surface area contributed by atoms with E-state index in [1.54, 1.807) is 16.7 Å². The minimum atomic E-state index is 0.0409. The molecular formula is C18H28N2O2. The van der Waals surface area contributed by atoms with Gasteiger partial charge in [-0.15, -0.1) is 0 Å². The zero-order valence-electron chi connectivity index (χ0n) is 14.2. The quantitative estimate of drug-likeness (QED) is 0.741. The maximum Gasteiger partial charge on any atom is 0.224 e. The summed E-state index contributed by atoms with van der Waals surface area (Å²) in [5.74, 6) is 0.664. The summed E-state index contributed by atoms with van der Waals surface area (Å²) in [5.41, 5.74) is 1.11. The van der Waals surface area contributed by atoms with Crippen molar-refractivity contribution in [1.82, 2.24) is 9.80 Å². The van der Waals surface area contributed by atoms with E-state index in [1.807, 2.05) is 37.4 Å². The van der Waals surface area contributed by atoms with E-state index in [0.29, 0.717) is 25.4 Å². The highest BCUT2D eigenvalue weighted by molar-refractivity contribution is 5.78. The molecule has 4 heteroatoms. The number of amides is 2. The molecule has 122 valence electrons. The first kappa shape index (κ1) is 18.2. The van der Waals surface area contributed by atoms with Crippen LogP contribution in [0.4, 0.5) is 0 Å². The average molecular weight is 304 g/mol. The van der Waals surface area contributed by atoms with Gasteiger partial charge in [0.2, 0.25) is 11.8 Å². The van der Waals surface area contributed by atoms with Gasteiger partial charge >= 0.3 is 0 Å². The number of benzene rings is 1. The zero-order valence-corrected chi connectivity index (χ0v) is 14.2. The lowest BCUT2D eigenvalue weighted by Crippen LogP contribution is -2.35. The van der Waals surface area contributed by atoms with Crippen molar-refractivity contribution < 1.29 is 9.59 Å². The fraction of sp³-hybridized carbons (Fsp3) is 0.556. The van der Waals surface area contributed by atoms with E-state index >= 15 is 0 Å². The van der Waals surface area contributed by atoms with Crippen molar-refractivity contribution in [3.8, 4) is 0 Å². The Morgan fingerprint density at radius 1 is 1.09 bits per heavy atom. The topological polar surface area (TPSA) is 40.6 Å². The second-order valence-electron chi connectivity index (χ2n) is 6.17. The van der Waals surface area contributed by atoms with Crippen LogP contribution in [0.3, 0.4) is 0 Å². The molecule has 0 atom stereocenters. The zero-order chi connectivity index (χ0) is 16.5. The van der Waals surface area contributed by atoms with Crippen LogP contribution in [-0.2, 0) is 16.1 Å². The lowest BCUT2D eigenvalue weighted by Gasteiger charge is -2.23. The monoisotopic (exact) mass is 304 g/mol. The molecule has 0 radical (unpaired) electrons. The third kappa shape index (κ3) is 6.74. The Balaban J connectivity index is 2.43. The molecule has 0 bridgehead atoms. The van der Waals surface area contributed by atoms with E-state index < -0.39 is 0 Å². The van der Waals surface area contributed by atoms with Crippen LogP contribution in [0, 0.1) is 5.92 Å². The third-order valence-corrected chi connectivity index (χ3v) is 3.71. The Morgan fingerprint density at radius 3 is 2.27 bits per heavy atom. The molecule has 0 fully saturated rings. The molecule has 1 aromatic carbocycles. The highest BCUT2D eigenvalue weighted by atomic mass is 16.2. The maximum absolute atomic E-state index is 12.2. The fourth-order valence-corrected chi connectivity index (χ4v) is 2.21. The van der Waals surface area contributed by atoms with Gasteiger partial charge in [-0.1, -0.05) is 44.2 Å². The smallest absolute Gasteiger partial charge is 0.224 e. The molecule has 1 rings (SSSR count). The summed E-state index contributed by atoms with van der Waals surface area (Å²) in [4.78, 5) is 27.3. The minimum absolute atomic E-state index is 0.0409. The first-order valence-electron chi connectivity index (χ1n) is 7.93. The van der Waals surface area contributed by atoms with Gasteiger partial charge in [-0.25, -0.2) is 0 Å². The molecule has 22 heavy (non-hydrogen) atoms. The molecular weight excluding hydrogens is 276 g/mol. The van der Waals surface area contributed by atoms with E-state index in [-0.39, 0.29) is 11.8 Å². The summed E-state index contributed by atoms with van der Waals surface area (Å²) < 4.78 is 0. The molecule has 2 amide bonds. The standard InChI is InChI=1S/C18H28N2O2/c1-15(2)10-12-20(16(3)21)13-11-18(22)19(4)14-17-8-6-5-7-9-17/h5-9,15H,10-14H2,1-4H3. The van der Waals surface area contributed by atoms with Crippen LogP contribution in [0.25, 0.3) is 0 Å². The predicted molar refractivity (Wildman–Crippen MR) is 89.2 cm³/mol. The van der Waals surface area contributed by atoms with E-state index in [1.165, 1.54) is 0 Å². The van der Waals surface area contributed by atoms with Gasteiger partial charge in [-0.3, -0.25) is 9.59 Å². The van der Waals surface area contributed by atoms with Crippen molar-refractivity contribution >= 4 is 11.8 Å². The summed E-state index contributed by atoms with van der Waals surface area (Å²) in [7, 11) is 1.81. The van der Waals surface area contributed by atoms with Crippen molar-refractivity contribution in [2.75, 3.05) is 20.1 Å². The highest BCUT2D eigenvalue weighted by Crippen LogP contribution is 2.06. The van der Waals surface area contributed by atoms with Gasteiger partial charge in [0.25, 0.3) is 0 Å². The van der Waals surface area contributed by atoms with Crippen molar-refractivity contribution in [1.29, 1.82) is 0 Å². The molecule has 0 unspecified atom stereocenters. The number of carbonyl (C=O) groups excluding carboxylic acids is 2. The van der Waals surface area contributed by atoms with E-state index in [2.05, 4.69) is 13.8 Å². The van der Waals surface area contributed by atoms with Crippen molar-refractivity contribution in [2.24, 2.45) is 5.92 Å². The third-order valence-electron chi connectivity index (χ3n) is 3.71. The first-order chi connectivity index (χ1) is 10.4. The number of carbonyl (C=O) groups is 2. The molecule has 0 saturated carbocycles. The van der Waals surface area contributed by atoms with E-state index in [0.717, 1.165) is 18.5 Å². The lowest BCUT2D eigenvalue weighted by molar-refractivity contribution is -0.133. The maximum atomic E-state index is 12.2. The molecule has 0 aromatic heterocycles. The molecule has 0 heterocycles. The van der Waals surface area contributed by atoms with Crippen molar-refractivity contribution in [2.45, 2.75) is 40.2 Å². The second-order valence-corrected chi connectivity index (χ2v) is 6.17. The van der Waals surface area contributed by atoms with Gasteiger partial charge in [0.1, 0.15) is 0 Å². The highest BCUT2D eigenvalue weighted by Gasteiger charge is 2.14. The van der Waals surface area contributed by atoms with Gasteiger partial charge in [0.15, 0.2) is 0 Å². The van der Waals surface area contributed by atoms with Crippen LogP contribution in [0.2, 0.25) is 0 Å². The SMILES string of the molecule is CC(=O)N(CCC(=O)N(C)Cc1ccccc1)CCC(C)C. The molecule has 0 spiro atoms. The van der Waals surface area contributed by atoms with Crippen LogP contribution in [-0.4, -0.2) is 41.8 Å². The number of rotatable bonds is 8. The Morgan fingerprint density at radius 2 is 1.73 bits per heavy atom. The molecule has 0 saturated heterocycles. The Hall–Kier alpha value is -1.84. The largest absolute Gasteiger partial charge is 0.342 e. The van der Waals surface area contributed by atoms with Crippen LogP contribution < -0.4 is 0 Å². The lowest BCUT2D eigenvalue weighted by atomic mass is 10.1. The second kappa shape index (κ2) is 9.23. The molecule has 1 aromatic rings. The molecule has 0 aliphatic rings. The molecule has 0 N–H and O–H groups in total. The minimum Gasteiger partial charge on any atom is -0.342 e. The van der Waals surface area contributed by atoms with Gasteiger partial charge in [0.05, 0.1) is 0 Å². The summed E-state index contributed by atoms with van der Waals surface area (Å²) in [6.07, 6.45) is 1.34. The van der Waals surface area contributed by atoms with Crippen LogP contribution in [0.5, 0.6) is 0 Å². The summed E-state index contributed by atoms with van der Waals surface area (Å²) in [6.45, 7) is 7.67. The Labute approximate surface area is 134 Å². The Kier molecular flexibility index (Phi) is 7.64. The van der Waals surface area contributed by atoms with E-state index in [4.69, 9.17) is 0 Å². The van der Waals surface area contributed by atoms with Gasteiger partial charge in [-0.05, 0) is 17.9 Å². The van der Waals surface area contributed by atoms with Gasteiger partial charge in [0, 0.05) is 40.0 Å². The first-order valence-corrected chi connectivity index (χ1v) is 7.93. The predicted octanol–water partition coefficient (Wildman–Crippen LogP) is 2.93. The van der Waals surface area contributed by atoms with Crippen LogP contribution in [0.15, 0.2) is 30.3 Å². The average Bonchev–Trinajstić information content (AvgIpc) is 2.47. The molecule has 4 nitrogen and oxygen atoms in total. The van der Waals surface area contributed by atoms with E-state index in [9.17, 15) is 9.59 Å². The Bertz CT molecular complexity index is 471. The van der Waals surface area contributed by atoms with Crippen molar-refractivity contribution in [3.05, 3.63) is 35.9 Å². The molecule has 0 aliphatic heterocycles. The van der Waals surface area contributed by atoms with Crippen LogP contribution in [0.1, 0.15) is 39.2 Å². The fourth-order valence-electron chi connectivity index (χ4n) is 2.21. The summed E-state index contributed by atoms with van der Waals surface area (Å²) >= 11 is 0. The number of hydrogen-bond acceptors (Lipinski definition) is 2. The number of nitrogens with zero attached hydrogens (tertiary/aromatic N) is 2. The van der Waals surface area contributed by atoms with Crippen LogP contribution >= 0.6 is 0 Å². The van der Waals surface area contributed by atoms with Gasteiger partial charge < -0.3 is 9.80 Å². The summed E-state index contributed by atoms with van der Waals surface area (Å²) in [6, 6.07) is 9.92. The summed E-state index contributed by atoms with van der Waals surface area (Å²) in [5, 5.41) is 0. The normalized spacial score (nSPS) is 10.6. The molecule has 0 aliphatic carbocycles. The van der Waals surface area contributed by atoms with Crippen molar-refractivity contribution in [3.63, 3.8) is 0 Å².